The highest BCUT2D eigenvalue weighted by atomic mass is 16.3. The number of rotatable bonds is 4. The number of benzene rings is 1. The fourth-order valence-corrected chi connectivity index (χ4v) is 2.89. The fraction of sp³-hybridized carbons (Fsp3) is 0.471. The lowest BCUT2D eigenvalue weighted by Crippen LogP contribution is -2.43. The smallest absolute Gasteiger partial charge is 0.107 e. The zero-order chi connectivity index (χ0) is 15.0. The van der Waals surface area contributed by atoms with Crippen molar-refractivity contribution in [3.8, 4) is 0 Å². The molecule has 0 amide bonds. The van der Waals surface area contributed by atoms with Crippen LogP contribution in [0.1, 0.15) is 39.0 Å². The quantitative estimate of drug-likeness (QED) is 0.928. The van der Waals surface area contributed by atoms with Crippen molar-refractivity contribution in [2.75, 3.05) is 0 Å². The van der Waals surface area contributed by atoms with Gasteiger partial charge in [0.2, 0.25) is 0 Å². The summed E-state index contributed by atoms with van der Waals surface area (Å²) in [6.45, 7) is 8.33. The van der Waals surface area contributed by atoms with Crippen LogP contribution in [0, 0.1) is 5.92 Å². The first-order valence-corrected chi connectivity index (χ1v) is 7.02. The van der Waals surface area contributed by atoms with Gasteiger partial charge in [0, 0.05) is 7.05 Å². The predicted molar refractivity (Wildman–Crippen MR) is 81.4 cm³/mol. The van der Waals surface area contributed by atoms with E-state index in [2.05, 4.69) is 37.9 Å². The molecule has 3 nitrogen and oxygen atoms in total. The molecule has 1 aromatic heterocycles. The van der Waals surface area contributed by atoms with Crippen LogP contribution in [0.15, 0.2) is 42.9 Å². The molecule has 108 valence electrons. The zero-order valence-electron chi connectivity index (χ0n) is 13.0. The van der Waals surface area contributed by atoms with Crippen LogP contribution in [-0.2, 0) is 18.1 Å². The van der Waals surface area contributed by atoms with Gasteiger partial charge in [-0.05, 0) is 23.8 Å². The lowest BCUT2D eigenvalue weighted by Gasteiger charge is -2.41. The van der Waals surface area contributed by atoms with Crippen molar-refractivity contribution >= 4 is 0 Å². The van der Waals surface area contributed by atoms with E-state index < -0.39 is 5.60 Å². The van der Waals surface area contributed by atoms with Gasteiger partial charge in [-0.1, -0.05) is 51.1 Å². The number of aryl methyl sites for hydroxylation is 1. The van der Waals surface area contributed by atoms with Gasteiger partial charge in [-0.2, -0.15) is 0 Å². The molecule has 1 aromatic carbocycles. The van der Waals surface area contributed by atoms with Crippen molar-refractivity contribution in [1.82, 2.24) is 9.55 Å². The van der Waals surface area contributed by atoms with Gasteiger partial charge in [0.1, 0.15) is 5.60 Å². The van der Waals surface area contributed by atoms with Crippen LogP contribution in [0.4, 0.5) is 0 Å². The standard InChI is InChI=1S/C17H24N2O/c1-13(16(2,3)14-9-7-6-8-10-14)17(4,20)15-11-18-12-19(15)5/h6-13,20H,1-5H3. The van der Waals surface area contributed by atoms with Crippen molar-refractivity contribution in [3.05, 3.63) is 54.1 Å². The Balaban J connectivity index is 2.40. The summed E-state index contributed by atoms with van der Waals surface area (Å²) in [5.41, 5.74) is 0.989. The Morgan fingerprint density at radius 1 is 1.15 bits per heavy atom. The maximum atomic E-state index is 11.1. The van der Waals surface area contributed by atoms with Crippen molar-refractivity contribution in [2.24, 2.45) is 13.0 Å². The minimum atomic E-state index is -0.940. The van der Waals surface area contributed by atoms with E-state index in [4.69, 9.17) is 0 Å². The maximum Gasteiger partial charge on any atom is 0.107 e. The predicted octanol–water partition coefficient (Wildman–Crippen LogP) is 3.24. The average Bonchev–Trinajstić information content (AvgIpc) is 2.86. The van der Waals surface area contributed by atoms with E-state index in [9.17, 15) is 5.11 Å². The monoisotopic (exact) mass is 272 g/mol. The van der Waals surface area contributed by atoms with Crippen LogP contribution in [0.25, 0.3) is 0 Å². The summed E-state index contributed by atoms with van der Waals surface area (Å²) in [4.78, 5) is 4.13. The summed E-state index contributed by atoms with van der Waals surface area (Å²) >= 11 is 0. The number of nitrogens with zero attached hydrogens (tertiary/aromatic N) is 2. The lowest BCUT2D eigenvalue weighted by atomic mass is 9.66. The Morgan fingerprint density at radius 2 is 1.75 bits per heavy atom. The van der Waals surface area contributed by atoms with Gasteiger partial charge < -0.3 is 9.67 Å². The van der Waals surface area contributed by atoms with Gasteiger partial charge in [-0.15, -0.1) is 0 Å². The molecular formula is C17H24N2O. The van der Waals surface area contributed by atoms with Gasteiger partial charge in [0.15, 0.2) is 0 Å². The summed E-state index contributed by atoms with van der Waals surface area (Å²) in [6, 6.07) is 10.3. The molecule has 0 bridgehead atoms. The van der Waals surface area contributed by atoms with E-state index in [1.165, 1.54) is 5.56 Å². The molecule has 0 saturated heterocycles. The van der Waals surface area contributed by atoms with Crippen LogP contribution < -0.4 is 0 Å². The van der Waals surface area contributed by atoms with Crippen LogP contribution in [-0.4, -0.2) is 14.7 Å². The van der Waals surface area contributed by atoms with Crippen molar-refractivity contribution in [2.45, 2.75) is 38.7 Å². The number of imidazole rings is 1. The minimum absolute atomic E-state index is 0.0350. The van der Waals surface area contributed by atoms with Gasteiger partial charge in [-0.3, -0.25) is 0 Å². The molecule has 0 aliphatic rings. The summed E-state index contributed by atoms with van der Waals surface area (Å²) in [5, 5.41) is 11.1. The van der Waals surface area contributed by atoms with E-state index in [-0.39, 0.29) is 11.3 Å². The second kappa shape index (κ2) is 5.06. The summed E-state index contributed by atoms with van der Waals surface area (Å²) in [7, 11) is 1.92. The van der Waals surface area contributed by atoms with E-state index in [0.717, 1.165) is 5.69 Å². The van der Waals surface area contributed by atoms with E-state index in [1.54, 1.807) is 12.5 Å². The molecule has 20 heavy (non-hydrogen) atoms. The third kappa shape index (κ3) is 2.38. The Bertz CT molecular complexity index is 570. The van der Waals surface area contributed by atoms with Crippen LogP contribution in [0.5, 0.6) is 0 Å². The molecule has 2 rings (SSSR count). The second-order valence-corrected chi connectivity index (χ2v) is 6.35. The SMILES string of the molecule is CC(C(C)(C)c1ccccc1)C(C)(O)c1cncn1C. The highest BCUT2D eigenvalue weighted by Crippen LogP contribution is 2.42. The zero-order valence-corrected chi connectivity index (χ0v) is 13.0. The molecule has 0 fully saturated rings. The number of aliphatic hydroxyl groups is 1. The summed E-state index contributed by atoms with van der Waals surface area (Å²) < 4.78 is 1.89. The highest BCUT2D eigenvalue weighted by Gasteiger charge is 2.42. The molecule has 0 radical (unpaired) electrons. The van der Waals surface area contributed by atoms with Crippen LogP contribution in [0.3, 0.4) is 0 Å². The normalized spacial score (nSPS) is 16.7. The molecule has 3 heteroatoms. The Hall–Kier alpha value is -1.61. The van der Waals surface area contributed by atoms with E-state index in [1.807, 2.05) is 36.7 Å². The number of aromatic nitrogens is 2. The average molecular weight is 272 g/mol. The van der Waals surface area contributed by atoms with Gasteiger partial charge in [0.05, 0.1) is 18.2 Å². The fourth-order valence-electron chi connectivity index (χ4n) is 2.89. The minimum Gasteiger partial charge on any atom is -0.384 e. The molecular weight excluding hydrogens is 248 g/mol. The summed E-state index contributed by atoms with van der Waals surface area (Å²) in [5.74, 6) is 0.0350. The number of hydrogen-bond acceptors (Lipinski definition) is 2. The van der Waals surface area contributed by atoms with Crippen molar-refractivity contribution in [1.29, 1.82) is 0 Å². The van der Waals surface area contributed by atoms with Crippen LogP contribution in [0.2, 0.25) is 0 Å². The molecule has 0 saturated carbocycles. The molecule has 0 aliphatic carbocycles. The summed E-state index contributed by atoms with van der Waals surface area (Å²) in [6.07, 6.45) is 3.48. The first-order valence-electron chi connectivity index (χ1n) is 7.02. The molecule has 0 aliphatic heterocycles. The topological polar surface area (TPSA) is 38.1 Å². The molecule has 2 unspecified atom stereocenters. The largest absolute Gasteiger partial charge is 0.384 e. The number of hydrogen-bond donors (Lipinski definition) is 1. The molecule has 2 aromatic rings. The van der Waals surface area contributed by atoms with Crippen molar-refractivity contribution < 1.29 is 5.11 Å². The first-order chi connectivity index (χ1) is 9.28. The van der Waals surface area contributed by atoms with Gasteiger partial charge in [0.25, 0.3) is 0 Å². The van der Waals surface area contributed by atoms with Gasteiger partial charge in [-0.25, -0.2) is 4.98 Å². The Morgan fingerprint density at radius 3 is 2.25 bits per heavy atom. The molecule has 2 atom stereocenters. The van der Waals surface area contributed by atoms with E-state index in [0.29, 0.717) is 0 Å². The highest BCUT2D eigenvalue weighted by molar-refractivity contribution is 5.27. The Kier molecular flexibility index (Phi) is 3.74. The maximum absolute atomic E-state index is 11.1. The lowest BCUT2D eigenvalue weighted by molar-refractivity contribution is -0.0332. The van der Waals surface area contributed by atoms with Crippen molar-refractivity contribution in [3.63, 3.8) is 0 Å². The molecule has 1 N–H and O–H groups in total. The van der Waals surface area contributed by atoms with E-state index >= 15 is 0 Å². The third-order valence-corrected chi connectivity index (χ3v) is 4.78. The first kappa shape index (κ1) is 14.8. The molecule has 1 heterocycles. The third-order valence-electron chi connectivity index (χ3n) is 4.78. The van der Waals surface area contributed by atoms with Crippen LogP contribution >= 0.6 is 0 Å². The molecule has 0 spiro atoms. The second-order valence-electron chi connectivity index (χ2n) is 6.35. The van der Waals surface area contributed by atoms with Gasteiger partial charge >= 0.3 is 0 Å². The Labute approximate surface area is 121 Å².